The van der Waals surface area contributed by atoms with E-state index in [1.54, 1.807) is 0 Å². The monoisotopic (exact) mass is 284 g/mol. The first-order valence-electron chi connectivity index (χ1n) is 4.59. The van der Waals surface area contributed by atoms with Gasteiger partial charge in [0.2, 0.25) is 0 Å². The average Bonchev–Trinajstić information content (AvgIpc) is 2.70. The van der Waals surface area contributed by atoms with Crippen LogP contribution in [-0.4, -0.2) is 21.6 Å². The van der Waals surface area contributed by atoms with E-state index >= 15 is 0 Å². The largest absolute Gasteiger partial charge is 0.315 e. The van der Waals surface area contributed by atoms with Crippen LogP contribution in [0.2, 0.25) is 0 Å². The number of Topliss-reactive ketones (excluding diaryl/α,β-unsaturated/α-hetero) is 1. The fourth-order valence-electron chi connectivity index (χ4n) is 2.61. The molecule has 0 amide bonds. The molecule has 0 aromatic rings. The van der Waals surface area contributed by atoms with Crippen LogP contribution in [-0.2, 0) is 4.79 Å². The first kappa shape index (κ1) is 10.9. The van der Waals surface area contributed by atoms with Gasteiger partial charge in [0, 0.05) is 5.92 Å². The molecule has 80 valence electrons. The Morgan fingerprint density at radius 2 is 2.21 bits per heavy atom. The molecule has 0 spiro atoms. The molecule has 0 aromatic carbocycles. The van der Waals surface area contributed by atoms with Crippen LogP contribution in [0.4, 0.5) is 8.78 Å². The fourth-order valence-corrected chi connectivity index (χ4v) is 4.40. The van der Waals surface area contributed by atoms with Gasteiger partial charge in [-0.25, -0.2) is 0 Å². The second-order valence-corrected chi connectivity index (χ2v) is 6.18. The molecule has 5 heteroatoms. The van der Waals surface area contributed by atoms with E-state index in [1.165, 1.54) is 6.26 Å². The summed E-state index contributed by atoms with van der Waals surface area (Å²) in [6, 6.07) is 0. The summed E-state index contributed by atoms with van der Waals surface area (Å²) < 4.78 is 25.7. The lowest BCUT2D eigenvalue weighted by Crippen LogP contribution is -2.51. The van der Waals surface area contributed by atoms with E-state index in [4.69, 9.17) is 0 Å². The van der Waals surface area contributed by atoms with Crippen LogP contribution in [0.3, 0.4) is 0 Å². The van der Waals surface area contributed by atoms with Crippen molar-refractivity contribution < 1.29 is 13.6 Å². The lowest BCUT2D eigenvalue weighted by atomic mass is 9.87. The zero-order valence-corrected chi connectivity index (χ0v) is 10.1. The van der Waals surface area contributed by atoms with Gasteiger partial charge in [-0.1, -0.05) is 27.7 Å². The second kappa shape index (κ2) is 3.17. The summed E-state index contributed by atoms with van der Waals surface area (Å²) in [6.45, 7) is 0. The van der Waals surface area contributed by atoms with Crippen molar-refractivity contribution in [1.29, 1.82) is 0 Å². The summed E-state index contributed by atoms with van der Waals surface area (Å²) >= 11 is 3.50. The molecule has 0 saturated heterocycles. The molecule has 14 heavy (non-hydrogen) atoms. The summed E-state index contributed by atoms with van der Waals surface area (Å²) in [5, 5.41) is -2.98. The van der Waals surface area contributed by atoms with Gasteiger partial charge in [0.25, 0.3) is 0 Å². The van der Waals surface area contributed by atoms with E-state index in [0.29, 0.717) is 18.2 Å². The average molecular weight is 285 g/mol. The Kier molecular flexibility index (Phi) is 2.46. The molecular weight excluding hydrogens is 274 g/mol. The fraction of sp³-hybridized carbons (Fsp3) is 0.889. The minimum absolute atomic E-state index is 0.127. The molecule has 2 rings (SSSR count). The van der Waals surface area contributed by atoms with Gasteiger partial charge >= 0.3 is 5.25 Å². The molecule has 0 heterocycles. The minimum atomic E-state index is -2.98. The molecule has 2 fully saturated rings. The highest BCUT2D eigenvalue weighted by molar-refractivity contribution is 9.10. The number of thioether (sulfide) groups is 1. The molecule has 0 radical (unpaired) electrons. The molecular formula is C9H11BrF2OS. The van der Waals surface area contributed by atoms with E-state index < -0.39 is 9.58 Å². The van der Waals surface area contributed by atoms with Gasteiger partial charge in [0.1, 0.15) is 0 Å². The summed E-state index contributed by atoms with van der Waals surface area (Å²) in [5.74, 6) is -0.590. The summed E-state index contributed by atoms with van der Waals surface area (Å²) in [4.78, 5) is 11.8. The van der Waals surface area contributed by atoms with Gasteiger partial charge in [-0.15, -0.1) is 0 Å². The third kappa shape index (κ3) is 1.14. The number of carbonyl (C=O) groups is 1. The van der Waals surface area contributed by atoms with Gasteiger partial charge in [-0.05, 0) is 31.4 Å². The van der Waals surface area contributed by atoms with E-state index in [0.717, 1.165) is 12.8 Å². The van der Waals surface area contributed by atoms with Crippen molar-refractivity contribution >= 4 is 33.5 Å². The Hall–Kier alpha value is 0.360. The number of carbonyl (C=O) groups excluding carboxylic acids is 1. The predicted molar refractivity (Wildman–Crippen MR) is 56.0 cm³/mol. The van der Waals surface area contributed by atoms with Gasteiger partial charge in [0.15, 0.2) is 10.1 Å². The Balaban J connectivity index is 2.37. The predicted octanol–water partition coefficient (Wildman–Crippen LogP) is 3.07. The number of hydrogen-bond acceptors (Lipinski definition) is 2. The van der Waals surface area contributed by atoms with Crippen LogP contribution < -0.4 is 0 Å². The number of fused-ring (bicyclic) bond motifs is 2. The van der Waals surface area contributed by atoms with Crippen LogP contribution in [0.25, 0.3) is 0 Å². The van der Waals surface area contributed by atoms with Crippen molar-refractivity contribution in [3.8, 4) is 0 Å². The van der Waals surface area contributed by atoms with Gasteiger partial charge in [-0.2, -0.15) is 8.78 Å². The normalized spacial score (nSPS) is 42.1. The summed E-state index contributed by atoms with van der Waals surface area (Å²) in [6.07, 6.45) is 3.53. The first-order valence-corrected chi connectivity index (χ1v) is 6.61. The van der Waals surface area contributed by atoms with E-state index in [2.05, 4.69) is 15.9 Å². The molecule has 2 bridgehead atoms. The van der Waals surface area contributed by atoms with Gasteiger partial charge in [0.05, 0.1) is 0 Å². The maximum Gasteiger partial charge on any atom is 0.315 e. The van der Waals surface area contributed by atoms with Crippen molar-refractivity contribution in [3.63, 3.8) is 0 Å². The van der Waals surface area contributed by atoms with Crippen LogP contribution in [0.5, 0.6) is 0 Å². The Morgan fingerprint density at radius 1 is 1.57 bits per heavy atom. The first-order chi connectivity index (χ1) is 6.43. The quantitative estimate of drug-likeness (QED) is 0.725. The van der Waals surface area contributed by atoms with Gasteiger partial charge < -0.3 is 0 Å². The van der Waals surface area contributed by atoms with Gasteiger partial charge in [-0.3, -0.25) is 4.79 Å². The van der Waals surface area contributed by atoms with E-state index in [1.807, 2.05) is 0 Å². The SMILES string of the molecule is CSC(F)(F)C1(Br)C(=O)C2CCC1C2. The van der Waals surface area contributed by atoms with Crippen molar-refractivity contribution in [2.24, 2.45) is 11.8 Å². The highest BCUT2D eigenvalue weighted by atomic mass is 79.9. The molecule has 2 aliphatic rings. The zero-order chi connectivity index (χ0) is 10.6. The molecule has 1 nitrogen and oxygen atoms in total. The molecule has 2 aliphatic carbocycles. The zero-order valence-electron chi connectivity index (χ0n) is 7.73. The van der Waals surface area contributed by atoms with Crippen molar-refractivity contribution in [3.05, 3.63) is 0 Å². The highest BCUT2D eigenvalue weighted by Gasteiger charge is 2.68. The molecule has 0 aliphatic heterocycles. The Morgan fingerprint density at radius 3 is 2.64 bits per heavy atom. The maximum atomic E-state index is 13.6. The third-order valence-corrected chi connectivity index (χ3v) is 6.04. The molecule has 0 N–H and O–H groups in total. The number of rotatable bonds is 2. The summed E-state index contributed by atoms with van der Waals surface area (Å²) in [7, 11) is 0. The standard InChI is InChI=1S/C9H11BrF2OS/c1-14-9(11,12)8(10)6-3-2-5(4-6)7(8)13/h5-6H,2-4H2,1H3. The summed E-state index contributed by atoms with van der Waals surface area (Å²) in [5.41, 5.74) is 0. The Labute approximate surface area is 94.1 Å². The number of halogens is 3. The van der Waals surface area contributed by atoms with E-state index in [-0.39, 0.29) is 17.6 Å². The molecule has 0 aromatic heterocycles. The van der Waals surface area contributed by atoms with Crippen LogP contribution >= 0.6 is 27.7 Å². The maximum absolute atomic E-state index is 13.6. The van der Waals surface area contributed by atoms with E-state index in [9.17, 15) is 13.6 Å². The minimum Gasteiger partial charge on any atom is -0.298 e. The lowest BCUT2D eigenvalue weighted by molar-refractivity contribution is -0.129. The second-order valence-electron chi connectivity index (χ2n) is 4.00. The van der Waals surface area contributed by atoms with Crippen molar-refractivity contribution in [2.75, 3.05) is 6.26 Å². The molecule has 2 saturated carbocycles. The molecule has 3 atom stereocenters. The number of hydrogen-bond donors (Lipinski definition) is 0. The van der Waals surface area contributed by atoms with Crippen LogP contribution in [0.15, 0.2) is 0 Å². The number of ketones is 1. The lowest BCUT2D eigenvalue weighted by Gasteiger charge is -2.36. The van der Waals surface area contributed by atoms with Crippen molar-refractivity contribution in [2.45, 2.75) is 28.8 Å². The Bertz CT molecular complexity index is 284. The topological polar surface area (TPSA) is 17.1 Å². The van der Waals surface area contributed by atoms with Crippen LogP contribution in [0.1, 0.15) is 19.3 Å². The smallest absolute Gasteiger partial charge is 0.298 e. The highest BCUT2D eigenvalue weighted by Crippen LogP contribution is 2.61. The third-order valence-electron chi connectivity index (χ3n) is 3.40. The molecule has 3 unspecified atom stereocenters. The number of alkyl halides is 3. The van der Waals surface area contributed by atoms with Crippen LogP contribution in [0, 0.1) is 11.8 Å². The van der Waals surface area contributed by atoms with Crippen molar-refractivity contribution in [1.82, 2.24) is 0 Å².